The van der Waals surface area contributed by atoms with E-state index in [2.05, 4.69) is 53.7 Å². The Hall–Kier alpha value is -3.23. The Morgan fingerprint density at radius 3 is 1.05 bits per heavy atom. The van der Waals surface area contributed by atoms with Crippen molar-refractivity contribution in [3.05, 3.63) is 33.9 Å². The molecule has 0 saturated heterocycles. The lowest BCUT2D eigenvalue weighted by molar-refractivity contribution is -0.151. The molecule has 0 amide bonds. The fraction of sp³-hybridized carbons (Fsp3) is 0.500. The summed E-state index contributed by atoms with van der Waals surface area (Å²) in [7, 11) is 0. The summed E-state index contributed by atoms with van der Waals surface area (Å²) < 4.78 is 19.9. The number of rotatable bonds is 12. The van der Waals surface area contributed by atoms with Crippen LogP contribution >= 0.6 is 22.6 Å². The average Bonchev–Trinajstić information content (AvgIpc) is 2.78. The first kappa shape index (κ1) is 35.9. The first-order chi connectivity index (χ1) is 17.2. The summed E-state index contributed by atoms with van der Waals surface area (Å²) in [6.07, 6.45) is -0.416. The molecule has 0 radical (unpaired) electrons. The Balaban J connectivity index is 0. The lowest BCUT2D eigenvalue weighted by atomic mass is 10.1. The van der Waals surface area contributed by atoms with Gasteiger partial charge in [0.05, 0.1) is 39.3 Å². The highest BCUT2D eigenvalue weighted by Crippen LogP contribution is 2.06. The van der Waals surface area contributed by atoms with Crippen molar-refractivity contribution in [3.63, 3.8) is 0 Å². The zero-order valence-electron chi connectivity index (χ0n) is 21.1. The molecule has 0 aliphatic heterocycles. The van der Waals surface area contributed by atoms with Crippen molar-refractivity contribution < 1.29 is 57.9 Å². The van der Waals surface area contributed by atoms with Gasteiger partial charge < -0.3 is 29.2 Å². The van der Waals surface area contributed by atoms with E-state index in [4.69, 9.17) is 10.2 Å². The molecule has 13 heteroatoms. The molecule has 0 aromatic heterocycles. The van der Waals surface area contributed by atoms with Crippen LogP contribution in [0.2, 0.25) is 0 Å². The van der Waals surface area contributed by atoms with Crippen LogP contribution in [0.15, 0.2) is 30.3 Å². The van der Waals surface area contributed by atoms with Gasteiger partial charge in [0.25, 0.3) is 0 Å². The number of esters is 4. The molecule has 37 heavy (non-hydrogen) atoms. The average molecular weight is 640 g/mol. The van der Waals surface area contributed by atoms with Crippen LogP contribution in [-0.2, 0) is 47.7 Å². The normalized spacial score (nSPS) is 9.59. The third-order valence-corrected chi connectivity index (χ3v) is 4.47. The fourth-order valence-corrected chi connectivity index (χ4v) is 2.60. The van der Waals surface area contributed by atoms with Gasteiger partial charge in [-0.15, -0.1) is 0 Å². The predicted octanol–water partition coefficient (Wildman–Crippen LogP) is 2.70. The molecule has 0 atom stereocenters. The number of carboxylic acids is 2. The van der Waals surface area contributed by atoms with Crippen LogP contribution in [-0.4, -0.2) is 72.5 Å². The van der Waals surface area contributed by atoms with E-state index in [1.807, 2.05) is 18.2 Å². The van der Waals surface area contributed by atoms with E-state index in [1.54, 1.807) is 0 Å². The molecule has 0 saturated carbocycles. The quantitative estimate of drug-likeness (QED) is 0.194. The van der Waals surface area contributed by atoms with Crippen molar-refractivity contribution >= 4 is 58.4 Å². The van der Waals surface area contributed by atoms with Gasteiger partial charge in [0.1, 0.15) is 0 Å². The monoisotopic (exact) mass is 640 g/mol. The van der Waals surface area contributed by atoms with Crippen molar-refractivity contribution in [1.29, 1.82) is 0 Å². The summed E-state index contributed by atoms with van der Waals surface area (Å²) in [5.41, 5.74) is 0. The Labute approximate surface area is 228 Å². The Kier molecular flexibility index (Phi) is 21.4. The molecule has 0 spiro atoms. The first-order valence-corrected chi connectivity index (χ1v) is 12.0. The summed E-state index contributed by atoms with van der Waals surface area (Å²) in [6, 6.07) is 10.2. The van der Waals surface area contributed by atoms with Crippen LogP contribution < -0.4 is 0 Å². The molecule has 0 unspecified atom stereocenters. The highest BCUT2D eigenvalue weighted by atomic mass is 127. The van der Waals surface area contributed by atoms with E-state index in [0.717, 1.165) is 0 Å². The number of hydrogen-bond donors (Lipinski definition) is 2. The zero-order chi connectivity index (χ0) is 28.8. The molecule has 0 aliphatic rings. The molecular formula is C24H33IO12. The Morgan fingerprint density at radius 2 is 0.892 bits per heavy atom. The van der Waals surface area contributed by atoms with Gasteiger partial charge in [0, 0.05) is 43.1 Å². The van der Waals surface area contributed by atoms with Crippen molar-refractivity contribution in [1.82, 2.24) is 0 Å². The molecule has 1 aromatic carbocycles. The molecule has 208 valence electrons. The van der Waals surface area contributed by atoms with Crippen LogP contribution in [0, 0.1) is 15.4 Å². The second-order valence-electron chi connectivity index (χ2n) is 7.43. The Morgan fingerprint density at radius 1 is 0.622 bits per heavy atom. The highest BCUT2D eigenvalue weighted by Gasteiger charge is 2.17. The van der Waals surface area contributed by atoms with Gasteiger partial charge in [0.15, 0.2) is 0 Å². The van der Waals surface area contributed by atoms with Crippen molar-refractivity contribution in [2.75, 3.05) is 26.4 Å². The summed E-state index contributed by atoms with van der Waals surface area (Å²) in [5, 5.41) is 17.1. The van der Waals surface area contributed by atoms with Crippen molar-refractivity contribution in [3.8, 4) is 0 Å². The number of aliphatic carboxylic acids is 2. The fourth-order valence-electron chi connectivity index (χ4n) is 2.18. The number of hydrogen-bond acceptors (Lipinski definition) is 10. The molecule has 0 aliphatic carbocycles. The van der Waals surface area contributed by atoms with Gasteiger partial charge >= 0.3 is 35.8 Å². The second kappa shape index (κ2) is 22.0. The molecule has 1 rings (SSSR count). The third-order valence-electron chi connectivity index (χ3n) is 3.75. The Bertz CT molecular complexity index is 769. The van der Waals surface area contributed by atoms with Gasteiger partial charge in [-0.2, -0.15) is 0 Å². The largest absolute Gasteiger partial charge is 0.481 e. The number of benzene rings is 1. The third kappa shape index (κ3) is 28.9. The van der Waals surface area contributed by atoms with Gasteiger partial charge in [-0.25, -0.2) is 0 Å². The van der Waals surface area contributed by atoms with E-state index < -0.39 is 47.7 Å². The summed E-state index contributed by atoms with van der Waals surface area (Å²) in [5.74, 6) is -5.04. The maximum atomic E-state index is 10.5. The number of halogens is 1. The van der Waals surface area contributed by atoms with Crippen molar-refractivity contribution in [2.45, 2.75) is 40.5 Å². The van der Waals surface area contributed by atoms with E-state index >= 15 is 0 Å². The first-order valence-electron chi connectivity index (χ1n) is 10.9. The van der Waals surface area contributed by atoms with Gasteiger partial charge in [-0.3, -0.25) is 28.8 Å². The maximum Gasteiger partial charge on any atom is 0.303 e. The number of carbonyl (C=O) groups excluding carboxylic acids is 4. The minimum atomic E-state index is -1.03. The minimum Gasteiger partial charge on any atom is -0.481 e. The molecule has 12 nitrogen and oxygen atoms in total. The van der Waals surface area contributed by atoms with Crippen molar-refractivity contribution in [2.24, 2.45) is 11.8 Å². The lowest BCUT2D eigenvalue weighted by Gasteiger charge is -2.13. The maximum absolute atomic E-state index is 10.5. The standard InChI is InChI=1S/2C9H14O6.C6H5I/c2*1-6(10)14-4-8(3-9(12)13)5-15-7(2)11;7-6-4-2-1-3-5-6/h2*8H,3-5H2,1-2H3,(H,12,13);1-5H. The van der Waals surface area contributed by atoms with E-state index in [1.165, 1.54) is 31.3 Å². The predicted molar refractivity (Wildman–Crippen MR) is 137 cm³/mol. The van der Waals surface area contributed by atoms with Crippen LogP contribution in [0.5, 0.6) is 0 Å². The molecule has 0 fully saturated rings. The smallest absolute Gasteiger partial charge is 0.303 e. The van der Waals surface area contributed by atoms with Crippen LogP contribution in [0.4, 0.5) is 0 Å². The molecule has 0 bridgehead atoms. The van der Waals surface area contributed by atoms with Gasteiger partial charge in [-0.1, -0.05) is 18.2 Å². The van der Waals surface area contributed by atoms with Gasteiger partial charge in [0.2, 0.25) is 0 Å². The van der Waals surface area contributed by atoms with E-state index in [-0.39, 0.29) is 39.3 Å². The molecular weight excluding hydrogens is 607 g/mol. The minimum absolute atomic E-state index is 0.0606. The SMILES string of the molecule is CC(=O)OCC(COC(C)=O)CC(=O)O.CC(=O)OCC(COC(C)=O)CC(=O)O.Ic1ccccc1. The lowest BCUT2D eigenvalue weighted by Crippen LogP contribution is -2.22. The van der Waals surface area contributed by atoms with Gasteiger partial charge in [-0.05, 0) is 34.7 Å². The van der Waals surface area contributed by atoms with Crippen LogP contribution in [0.25, 0.3) is 0 Å². The molecule has 1 aromatic rings. The van der Waals surface area contributed by atoms with E-state index in [0.29, 0.717) is 0 Å². The number of carbonyl (C=O) groups is 6. The zero-order valence-corrected chi connectivity index (χ0v) is 23.3. The van der Waals surface area contributed by atoms with Crippen LogP contribution in [0.1, 0.15) is 40.5 Å². The number of carboxylic acid groups (broad SMARTS) is 2. The summed E-state index contributed by atoms with van der Waals surface area (Å²) >= 11 is 2.28. The molecule has 0 heterocycles. The van der Waals surface area contributed by atoms with Crippen LogP contribution in [0.3, 0.4) is 0 Å². The topological polar surface area (TPSA) is 180 Å². The number of ether oxygens (including phenoxy) is 4. The summed E-state index contributed by atoms with van der Waals surface area (Å²) in [6.45, 7) is 4.66. The van der Waals surface area contributed by atoms with E-state index in [9.17, 15) is 28.8 Å². The second-order valence-corrected chi connectivity index (χ2v) is 8.68. The summed E-state index contributed by atoms with van der Waals surface area (Å²) in [4.78, 5) is 62.8. The highest BCUT2D eigenvalue weighted by molar-refractivity contribution is 14.1. The molecule has 2 N–H and O–H groups in total.